The molecule has 1 amide bonds. The van der Waals surface area contributed by atoms with Crippen LogP contribution >= 0.6 is 0 Å². The van der Waals surface area contributed by atoms with Crippen LogP contribution in [-0.2, 0) is 4.79 Å². The third-order valence-corrected chi connectivity index (χ3v) is 3.44. The molecule has 0 aromatic heterocycles. The molecule has 0 saturated carbocycles. The molecule has 1 unspecified atom stereocenters. The summed E-state index contributed by atoms with van der Waals surface area (Å²) in [5.74, 6) is -0.221. The second-order valence-electron chi connectivity index (χ2n) is 5.02. The second-order valence-corrected chi connectivity index (χ2v) is 5.02. The molecular weight excluding hydrogens is 243 g/mol. The number of nitrogens with one attached hydrogen (secondary N) is 1. The number of quaternary nitrogens is 1. The number of carbonyl (C=O) groups is 1. The summed E-state index contributed by atoms with van der Waals surface area (Å²) in [6.45, 7) is 3.74. The lowest BCUT2D eigenvalue weighted by Gasteiger charge is -2.17. The highest BCUT2D eigenvalue weighted by molar-refractivity contribution is 5.91. The van der Waals surface area contributed by atoms with Crippen LogP contribution in [0.3, 0.4) is 0 Å². The summed E-state index contributed by atoms with van der Waals surface area (Å²) in [6, 6.07) is 6.13. The zero-order chi connectivity index (χ0) is 13.7. The second kappa shape index (κ2) is 6.48. The number of nitrogens with zero attached hydrogens (tertiary/aromatic N) is 1. The molecule has 1 N–H and O–H groups in total. The minimum absolute atomic E-state index is 0.0408. The molecule has 3 nitrogen and oxygen atoms in total. The van der Waals surface area contributed by atoms with Gasteiger partial charge in [-0.2, -0.15) is 0 Å². The van der Waals surface area contributed by atoms with Gasteiger partial charge in [-0.25, -0.2) is 4.39 Å². The highest BCUT2D eigenvalue weighted by Crippen LogP contribution is 2.05. The van der Waals surface area contributed by atoms with Gasteiger partial charge in [0.25, 0.3) is 0 Å². The summed E-state index contributed by atoms with van der Waals surface area (Å²) in [5, 5.41) is 0. The van der Waals surface area contributed by atoms with E-state index in [2.05, 4.69) is 7.05 Å². The molecule has 1 aliphatic heterocycles. The molecule has 2 rings (SSSR count). The van der Waals surface area contributed by atoms with Gasteiger partial charge in [0.05, 0.1) is 26.7 Å². The molecule has 19 heavy (non-hydrogen) atoms. The Morgan fingerprint density at radius 3 is 2.74 bits per heavy atom. The SMILES string of the molecule is C[NH+]1CCCN(C(=O)/C=C/c2ccc(F)cc2)CC1. The van der Waals surface area contributed by atoms with Crippen molar-refractivity contribution in [1.29, 1.82) is 0 Å². The molecule has 4 heteroatoms. The lowest BCUT2D eigenvalue weighted by atomic mass is 10.2. The molecule has 1 heterocycles. The Bertz CT molecular complexity index is 456. The van der Waals surface area contributed by atoms with Crippen molar-refractivity contribution in [2.75, 3.05) is 33.2 Å². The number of likely N-dealkylation sites (N-methyl/N-ethyl adjacent to an activating group) is 1. The molecule has 0 aliphatic carbocycles. The molecule has 0 bridgehead atoms. The number of rotatable bonds is 2. The summed E-state index contributed by atoms with van der Waals surface area (Å²) < 4.78 is 12.8. The molecule has 1 fully saturated rings. The predicted octanol–water partition coefficient (Wildman–Crippen LogP) is 0.586. The monoisotopic (exact) mass is 263 g/mol. The van der Waals surface area contributed by atoms with E-state index in [1.54, 1.807) is 24.3 Å². The van der Waals surface area contributed by atoms with Crippen molar-refractivity contribution in [3.8, 4) is 0 Å². The molecule has 1 atom stereocenters. The van der Waals surface area contributed by atoms with Crippen LogP contribution in [-0.4, -0.2) is 44.0 Å². The van der Waals surface area contributed by atoms with Crippen molar-refractivity contribution < 1.29 is 14.1 Å². The van der Waals surface area contributed by atoms with Gasteiger partial charge in [-0.05, 0) is 23.8 Å². The van der Waals surface area contributed by atoms with E-state index in [0.717, 1.165) is 38.2 Å². The van der Waals surface area contributed by atoms with Crippen molar-refractivity contribution in [2.45, 2.75) is 6.42 Å². The number of halogens is 1. The fraction of sp³-hybridized carbons (Fsp3) is 0.400. The molecular formula is C15H20FN2O+. The van der Waals surface area contributed by atoms with Gasteiger partial charge in [-0.3, -0.25) is 4.79 Å². The quantitative estimate of drug-likeness (QED) is 0.776. The van der Waals surface area contributed by atoms with Crippen molar-refractivity contribution in [2.24, 2.45) is 0 Å². The molecule has 0 radical (unpaired) electrons. The standard InChI is InChI=1S/C15H19FN2O/c1-17-9-2-10-18(12-11-17)15(19)8-5-13-3-6-14(16)7-4-13/h3-8H,2,9-12H2,1H3/p+1/b8-5+. The number of benzene rings is 1. The largest absolute Gasteiger partial charge is 0.336 e. The smallest absolute Gasteiger partial charge is 0.246 e. The summed E-state index contributed by atoms with van der Waals surface area (Å²) in [7, 11) is 2.16. The minimum atomic E-state index is -0.262. The Morgan fingerprint density at radius 1 is 1.26 bits per heavy atom. The van der Waals surface area contributed by atoms with E-state index in [4.69, 9.17) is 0 Å². The van der Waals surface area contributed by atoms with Crippen LogP contribution in [0.2, 0.25) is 0 Å². The van der Waals surface area contributed by atoms with E-state index < -0.39 is 0 Å². The van der Waals surface area contributed by atoms with Crippen LogP contribution in [0.4, 0.5) is 4.39 Å². The summed E-state index contributed by atoms with van der Waals surface area (Å²) >= 11 is 0. The third kappa shape index (κ3) is 4.17. The summed E-state index contributed by atoms with van der Waals surface area (Å²) in [4.78, 5) is 15.4. The van der Waals surface area contributed by atoms with E-state index in [1.807, 2.05) is 4.90 Å². The van der Waals surface area contributed by atoms with Gasteiger partial charge in [0, 0.05) is 19.0 Å². The fourth-order valence-corrected chi connectivity index (χ4v) is 2.20. The number of amides is 1. The number of hydrogen-bond acceptors (Lipinski definition) is 1. The number of hydrogen-bond donors (Lipinski definition) is 1. The maximum absolute atomic E-state index is 12.8. The van der Waals surface area contributed by atoms with E-state index in [9.17, 15) is 9.18 Å². The van der Waals surface area contributed by atoms with Crippen LogP contribution in [0.1, 0.15) is 12.0 Å². The van der Waals surface area contributed by atoms with Crippen LogP contribution in [0, 0.1) is 5.82 Å². The Hall–Kier alpha value is -1.68. The Balaban J connectivity index is 1.94. The predicted molar refractivity (Wildman–Crippen MR) is 73.3 cm³/mol. The molecule has 1 aliphatic rings. The van der Waals surface area contributed by atoms with Crippen LogP contribution in [0.25, 0.3) is 6.08 Å². The lowest BCUT2D eigenvalue weighted by Crippen LogP contribution is -3.09. The highest BCUT2D eigenvalue weighted by Gasteiger charge is 2.17. The minimum Gasteiger partial charge on any atom is -0.336 e. The molecule has 1 aromatic rings. The third-order valence-electron chi connectivity index (χ3n) is 3.44. The van der Waals surface area contributed by atoms with Crippen molar-refractivity contribution in [1.82, 2.24) is 4.90 Å². The van der Waals surface area contributed by atoms with Gasteiger partial charge in [0.2, 0.25) is 5.91 Å². The topological polar surface area (TPSA) is 24.8 Å². The van der Waals surface area contributed by atoms with E-state index in [1.165, 1.54) is 17.0 Å². The first-order valence-electron chi connectivity index (χ1n) is 6.69. The lowest BCUT2D eigenvalue weighted by molar-refractivity contribution is -0.877. The van der Waals surface area contributed by atoms with Gasteiger partial charge < -0.3 is 9.80 Å². The van der Waals surface area contributed by atoms with E-state index in [0.29, 0.717) is 0 Å². The van der Waals surface area contributed by atoms with Gasteiger partial charge >= 0.3 is 0 Å². The first kappa shape index (κ1) is 13.7. The maximum Gasteiger partial charge on any atom is 0.246 e. The molecule has 0 spiro atoms. The van der Waals surface area contributed by atoms with Gasteiger partial charge in [-0.15, -0.1) is 0 Å². The Morgan fingerprint density at radius 2 is 2.00 bits per heavy atom. The van der Waals surface area contributed by atoms with E-state index in [-0.39, 0.29) is 11.7 Å². The normalized spacial score (nSPS) is 20.5. The molecule has 1 saturated heterocycles. The van der Waals surface area contributed by atoms with Crippen molar-refractivity contribution in [3.63, 3.8) is 0 Å². The van der Waals surface area contributed by atoms with Gasteiger partial charge in [0.1, 0.15) is 5.82 Å². The van der Waals surface area contributed by atoms with Crippen molar-refractivity contribution >= 4 is 12.0 Å². The zero-order valence-corrected chi connectivity index (χ0v) is 11.2. The van der Waals surface area contributed by atoms with Gasteiger partial charge in [-0.1, -0.05) is 12.1 Å². The van der Waals surface area contributed by atoms with Crippen molar-refractivity contribution in [3.05, 3.63) is 41.7 Å². The van der Waals surface area contributed by atoms with Crippen LogP contribution in [0.5, 0.6) is 0 Å². The average Bonchev–Trinajstić information content (AvgIpc) is 2.63. The van der Waals surface area contributed by atoms with E-state index >= 15 is 0 Å². The fourth-order valence-electron chi connectivity index (χ4n) is 2.20. The Labute approximate surface area is 113 Å². The number of carbonyl (C=O) groups excluding carboxylic acids is 1. The highest BCUT2D eigenvalue weighted by atomic mass is 19.1. The first-order chi connectivity index (χ1) is 9.15. The zero-order valence-electron chi connectivity index (χ0n) is 11.2. The van der Waals surface area contributed by atoms with Crippen LogP contribution < -0.4 is 4.90 Å². The maximum atomic E-state index is 12.8. The Kier molecular flexibility index (Phi) is 4.68. The van der Waals surface area contributed by atoms with Gasteiger partial charge in [0.15, 0.2) is 0 Å². The first-order valence-corrected chi connectivity index (χ1v) is 6.69. The summed E-state index contributed by atoms with van der Waals surface area (Å²) in [6.07, 6.45) is 4.36. The average molecular weight is 263 g/mol. The van der Waals surface area contributed by atoms with Crippen LogP contribution in [0.15, 0.2) is 30.3 Å². The molecule has 1 aromatic carbocycles. The molecule has 102 valence electrons. The summed E-state index contributed by atoms with van der Waals surface area (Å²) in [5.41, 5.74) is 0.840.